The summed E-state index contributed by atoms with van der Waals surface area (Å²) in [6.07, 6.45) is 5.21. The van der Waals surface area contributed by atoms with Gasteiger partial charge in [0.2, 0.25) is 5.78 Å². The van der Waals surface area contributed by atoms with Crippen molar-refractivity contribution in [3.63, 3.8) is 0 Å². The van der Waals surface area contributed by atoms with Gasteiger partial charge in [-0.25, -0.2) is 0 Å². The van der Waals surface area contributed by atoms with Crippen molar-refractivity contribution in [3.05, 3.63) is 77.0 Å². The zero-order chi connectivity index (χ0) is 19.8. The smallest absolute Gasteiger partial charge is 0.205 e. The summed E-state index contributed by atoms with van der Waals surface area (Å²) in [7, 11) is 1.68. The van der Waals surface area contributed by atoms with Crippen LogP contribution in [0.15, 0.2) is 60.2 Å². The predicted molar refractivity (Wildman–Crippen MR) is 115 cm³/mol. The maximum absolute atomic E-state index is 13.0. The second kappa shape index (κ2) is 7.53. The topological polar surface area (TPSA) is 45.3 Å². The van der Waals surface area contributed by atoms with Gasteiger partial charge in [-0.05, 0) is 61.2 Å². The van der Waals surface area contributed by atoms with Gasteiger partial charge in [0.15, 0.2) is 0 Å². The molecule has 4 heteroatoms. The van der Waals surface area contributed by atoms with Crippen LogP contribution >= 0.6 is 0 Å². The first-order valence-corrected chi connectivity index (χ1v) is 10.4. The van der Waals surface area contributed by atoms with Crippen LogP contribution in [-0.4, -0.2) is 35.9 Å². The lowest BCUT2D eigenvalue weighted by atomic mass is 9.93. The molecule has 4 nitrogen and oxygen atoms in total. The van der Waals surface area contributed by atoms with Gasteiger partial charge in [-0.1, -0.05) is 36.4 Å². The normalized spacial score (nSPS) is 19.2. The Bertz CT molecular complexity index is 1070. The minimum Gasteiger partial charge on any atom is -0.497 e. The summed E-state index contributed by atoms with van der Waals surface area (Å²) in [5.41, 5.74) is 5.23. The van der Waals surface area contributed by atoms with Crippen LogP contribution in [0.4, 0.5) is 0 Å². The molecule has 2 heterocycles. The van der Waals surface area contributed by atoms with E-state index in [4.69, 9.17) is 4.74 Å². The van der Waals surface area contributed by atoms with Crippen LogP contribution < -0.4 is 4.74 Å². The number of aromatic amines is 1. The highest BCUT2D eigenvalue weighted by molar-refractivity contribution is 6.15. The molecule has 0 unspecified atom stereocenters. The van der Waals surface area contributed by atoms with E-state index >= 15 is 0 Å². The third-order valence-electron chi connectivity index (χ3n) is 6.32. The summed E-state index contributed by atoms with van der Waals surface area (Å²) in [5.74, 6) is 1.49. The molecule has 1 N–H and O–H groups in total. The van der Waals surface area contributed by atoms with Crippen molar-refractivity contribution in [1.82, 2.24) is 9.88 Å². The fraction of sp³-hybridized carbons (Fsp3) is 0.320. The first-order valence-electron chi connectivity index (χ1n) is 10.4. The van der Waals surface area contributed by atoms with E-state index in [-0.39, 0.29) is 5.78 Å². The van der Waals surface area contributed by atoms with Crippen LogP contribution in [0.3, 0.4) is 0 Å². The molecular weight excluding hydrogens is 360 g/mol. The second-order valence-electron chi connectivity index (χ2n) is 8.19. The van der Waals surface area contributed by atoms with Crippen molar-refractivity contribution in [2.24, 2.45) is 5.92 Å². The van der Waals surface area contributed by atoms with E-state index in [0.717, 1.165) is 72.4 Å². The van der Waals surface area contributed by atoms with E-state index in [0.29, 0.717) is 5.92 Å². The SMILES string of the molecule is COc1ccc2[nH]c3c(c2c1)C/C(=C\C1CCN(Cc2ccccc2)CC1)C3=O. The minimum atomic E-state index is 0.168. The molecule has 0 saturated carbocycles. The molecule has 1 aliphatic heterocycles. The number of H-pyrrole nitrogens is 1. The molecule has 0 radical (unpaired) electrons. The highest BCUT2D eigenvalue weighted by atomic mass is 16.5. The molecule has 0 spiro atoms. The molecule has 1 aliphatic carbocycles. The van der Waals surface area contributed by atoms with Gasteiger partial charge in [0, 0.05) is 29.4 Å². The Morgan fingerprint density at radius 3 is 2.69 bits per heavy atom. The van der Waals surface area contributed by atoms with Gasteiger partial charge >= 0.3 is 0 Å². The number of carbonyl (C=O) groups excluding carboxylic acids is 1. The Balaban J connectivity index is 1.27. The molecule has 0 amide bonds. The Morgan fingerprint density at radius 2 is 1.93 bits per heavy atom. The summed E-state index contributed by atoms with van der Waals surface area (Å²) >= 11 is 0. The maximum atomic E-state index is 13.0. The summed E-state index contributed by atoms with van der Waals surface area (Å²) < 4.78 is 5.36. The average Bonchev–Trinajstić information content (AvgIpc) is 3.26. The lowest BCUT2D eigenvalue weighted by Crippen LogP contribution is -2.32. The lowest BCUT2D eigenvalue weighted by Gasteiger charge is -2.30. The summed E-state index contributed by atoms with van der Waals surface area (Å²) in [5, 5.41) is 1.11. The molecule has 2 aliphatic rings. The van der Waals surface area contributed by atoms with Crippen LogP contribution in [0.1, 0.15) is 34.5 Å². The van der Waals surface area contributed by atoms with Gasteiger partial charge in [-0.15, -0.1) is 0 Å². The number of piperidine rings is 1. The van der Waals surface area contributed by atoms with E-state index in [1.807, 2.05) is 18.2 Å². The number of ether oxygens (including phenoxy) is 1. The Hall–Kier alpha value is -2.85. The number of fused-ring (bicyclic) bond motifs is 3. The summed E-state index contributed by atoms with van der Waals surface area (Å²) in [6, 6.07) is 16.6. The fourth-order valence-electron chi connectivity index (χ4n) is 4.70. The molecule has 1 saturated heterocycles. The van der Waals surface area contributed by atoms with Crippen LogP contribution in [0.25, 0.3) is 10.9 Å². The minimum absolute atomic E-state index is 0.168. The molecule has 2 aromatic carbocycles. The van der Waals surface area contributed by atoms with Crippen LogP contribution in [0.2, 0.25) is 0 Å². The predicted octanol–water partition coefficient (Wildman–Crippen LogP) is 4.75. The largest absolute Gasteiger partial charge is 0.497 e. The van der Waals surface area contributed by atoms with Crippen molar-refractivity contribution < 1.29 is 9.53 Å². The standard InChI is InChI=1S/C25H26N2O2/c1-29-20-7-8-23-21(15-20)22-14-19(25(28)24(22)26-23)13-17-9-11-27(12-10-17)16-18-5-3-2-4-6-18/h2-8,13,15,17,26H,9-12,14,16H2,1H3/b19-13+. The number of likely N-dealkylation sites (tertiary alicyclic amines) is 1. The zero-order valence-electron chi connectivity index (χ0n) is 16.8. The number of allylic oxidation sites excluding steroid dienone is 2. The number of hydrogen-bond acceptors (Lipinski definition) is 3. The summed E-state index contributed by atoms with van der Waals surface area (Å²) in [4.78, 5) is 18.8. The maximum Gasteiger partial charge on any atom is 0.205 e. The van der Waals surface area contributed by atoms with Gasteiger partial charge in [0.1, 0.15) is 5.75 Å². The van der Waals surface area contributed by atoms with Crippen molar-refractivity contribution in [1.29, 1.82) is 0 Å². The summed E-state index contributed by atoms with van der Waals surface area (Å²) in [6.45, 7) is 3.19. The molecular formula is C25H26N2O2. The molecule has 1 aromatic heterocycles. The highest BCUT2D eigenvalue weighted by Crippen LogP contribution is 2.35. The number of Topliss-reactive ketones (excluding diaryl/α,β-unsaturated/α-hetero) is 1. The third-order valence-corrected chi connectivity index (χ3v) is 6.32. The lowest BCUT2D eigenvalue weighted by molar-refractivity contribution is 0.103. The van der Waals surface area contributed by atoms with Gasteiger partial charge in [0.05, 0.1) is 12.8 Å². The van der Waals surface area contributed by atoms with E-state index in [2.05, 4.69) is 46.3 Å². The van der Waals surface area contributed by atoms with E-state index < -0.39 is 0 Å². The fourth-order valence-corrected chi connectivity index (χ4v) is 4.70. The van der Waals surface area contributed by atoms with Crippen molar-refractivity contribution in [3.8, 4) is 5.75 Å². The first kappa shape index (κ1) is 18.2. The van der Waals surface area contributed by atoms with Crippen molar-refractivity contribution >= 4 is 16.7 Å². The first-order chi connectivity index (χ1) is 14.2. The highest BCUT2D eigenvalue weighted by Gasteiger charge is 2.30. The average molecular weight is 386 g/mol. The number of hydrogen-bond donors (Lipinski definition) is 1. The Labute approximate surface area is 171 Å². The third kappa shape index (κ3) is 3.49. The van der Waals surface area contributed by atoms with E-state index in [9.17, 15) is 4.79 Å². The van der Waals surface area contributed by atoms with Gasteiger partial charge in [-0.3, -0.25) is 9.69 Å². The molecule has 148 valence electrons. The van der Waals surface area contributed by atoms with Crippen molar-refractivity contribution in [2.45, 2.75) is 25.8 Å². The van der Waals surface area contributed by atoms with Gasteiger partial charge in [0.25, 0.3) is 0 Å². The monoisotopic (exact) mass is 386 g/mol. The number of rotatable bonds is 4. The molecule has 0 atom stereocenters. The van der Waals surface area contributed by atoms with Crippen LogP contribution in [0, 0.1) is 5.92 Å². The number of ketones is 1. The quantitative estimate of drug-likeness (QED) is 0.658. The van der Waals surface area contributed by atoms with Gasteiger partial charge < -0.3 is 9.72 Å². The van der Waals surface area contributed by atoms with Crippen LogP contribution in [-0.2, 0) is 13.0 Å². The number of methoxy groups -OCH3 is 1. The number of nitrogens with zero attached hydrogens (tertiary/aromatic N) is 1. The molecule has 1 fully saturated rings. The molecule has 3 aromatic rings. The molecule has 29 heavy (non-hydrogen) atoms. The number of carbonyl (C=O) groups is 1. The van der Waals surface area contributed by atoms with Gasteiger partial charge in [-0.2, -0.15) is 0 Å². The number of nitrogens with one attached hydrogen (secondary N) is 1. The zero-order valence-corrected chi connectivity index (χ0v) is 16.8. The number of aromatic nitrogens is 1. The van der Waals surface area contributed by atoms with E-state index in [1.165, 1.54) is 5.56 Å². The molecule has 0 bridgehead atoms. The second-order valence-corrected chi connectivity index (χ2v) is 8.19. The van der Waals surface area contributed by atoms with Crippen molar-refractivity contribution in [2.75, 3.05) is 20.2 Å². The Kier molecular flexibility index (Phi) is 4.72. The number of benzene rings is 2. The Morgan fingerprint density at radius 1 is 1.14 bits per heavy atom. The molecule has 5 rings (SSSR count). The van der Waals surface area contributed by atoms with E-state index in [1.54, 1.807) is 7.11 Å². The van der Waals surface area contributed by atoms with Crippen LogP contribution in [0.5, 0.6) is 5.75 Å².